The van der Waals surface area contributed by atoms with E-state index in [0.717, 1.165) is 125 Å². The SMILES string of the molecule is [C-]#[N+]c1c(-c2ccccc2)c(C#N)c(-n2c3c(ccc4c3sc3cccc(-c5ccccc5)c34)c3ccc4c(sc5cccc(-c6ccccc6)c54)c32)c(-c2ccccc2)c1-n1c2ccccc2c2c(-c3cccc4c3oc3ccccc34)cccc21. The molecular weight excluding hydrogens is 1100 g/mol. The first kappa shape index (κ1) is 49.1. The lowest BCUT2D eigenvalue weighted by Gasteiger charge is -2.26. The molecule has 0 spiro atoms. The molecule has 0 saturated carbocycles. The first-order chi connectivity index (χ1) is 43.1. The molecule has 0 atom stereocenters. The highest BCUT2D eigenvalue weighted by molar-refractivity contribution is 7.27. The van der Waals surface area contributed by atoms with Gasteiger partial charge in [0.05, 0.1) is 55.0 Å². The Labute approximate surface area is 506 Å². The zero-order chi connectivity index (χ0) is 57.4. The molecule has 0 aliphatic rings. The molecule has 0 radical (unpaired) electrons. The average Bonchev–Trinajstić information content (AvgIpc) is 3.45. The van der Waals surface area contributed by atoms with Crippen molar-refractivity contribution in [3.8, 4) is 73.1 Å². The molecule has 87 heavy (non-hydrogen) atoms. The van der Waals surface area contributed by atoms with Crippen LogP contribution in [-0.2, 0) is 0 Å². The molecule has 18 aromatic rings. The van der Waals surface area contributed by atoms with E-state index in [1.807, 2.05) is 36.4 Å². The van der Waals surface area contributed by atoms with E-state index in [1.54, 1.807) is 22.7 Å². The van der Waals surface area contributed by atoms with Crippen LogP contribution in [0, 0.1) is 17.9 Å². The van der Waals surface area contributed by atoms with Gasteiger partial charge in [-0.15, -0.1) is 22.7 Å². The maximum absolute atomic E-state index is 12.6. The fraction of sp³-hybridized carbons (Fsp3) is 0. The van der Waals surface area contributed by atoms with Crippen molar-refractivity contribution in [2.24, 2.45) is 0 Å². The highest BCUT2D eigenvalue weighted by Gasteiger charge is 2.34. The summed E-state index contributed by atoms with van der Waals surface area (Å²) in [5.41, 5.74) is 17.3. The van der Waals surface area contributed by atoms with Crippen LogP contribution < -0.4 is 0 Å². The van der Waals surface area contributed by atoms with E-state index < -0.39 is 0 Å². The van der Waals surface area contributed by atoms with Gasteiger partial charge in [0.25, 0.3) is 0 Å². The maximum Gasteiger partial charge on any atom is 0.220 e. The molecule has 5 aromatic heterocycles. The summed E-state index contributed by atoms with van der Waals surface area (Å²) in [4.78, 5) is 4.70. The Hall–Kier alpha value is -11.3. The van der Waals surface area contributed by atoms with E-state index in [2.05, 4.69) is 246 Å². The highest BCUT2D eigenvalue weighted by Crippen LogP contribution is 2.56. The van der Waals surface area contributed by atoms with Crippen LogP contribution in [0.15, 0.2) is 271 Å². The number of fused-ring (bicyclic) bond motifs is 17. The molecule has 0 unspecified atom stereocenters. The summed E-state index contributed by atoms with van der Waals surface area (Å²) in [5.74, 6) is 0. The van der Waals surface area contributed by atoms with Gasteiger partial charge >= 0.3 is 0 Å². The van der Waals surface area contributed by atoms with Gasteiger partial charge in [0.15, 0.2) is 0 Å². The fourth-order valence-corrected chi connectivity index (χ4v) is 16.8. The maximum atomic E-state index is 12.6. The van der Waals surface area contributed by atoms with Crippen molar-refractivity contribution in [1.82, 2.24) is 9.13 Å². The van der Waals surface area contributed by atoms with Crippen molar-refractivity contribution < 1.29 is 4.42 Å². The average molecular weight is 1140 g/mol. The van der Waals surface area contributed by atoms with E-state index in [0.29, 0.717) is 28.2 Å². The molecule has 0 saturated heterocycles. The van der Waals surface area contributed by atoms with E-state index in [-0.39, 0.29) is 0 Å². The monoisotopic (exact) mass is 1140 g/mol. The summed E-state index contributed by atoms with van der Waals surface area (Å²) in [7, 11) is 0. The Morgan fingerprint density at radius 1 is 0.368 bits per heavy atom. The Bertz CT molecular complexity index is 5840. The Balaban J connectivity index is 1.08. The van der Waals surface area contributed by atoms with Crippen molar-refractivity contribution >= 4 is 134 Å². The minimum atomic E-state index is 0.382. The van der Waals surface area contributed by atoms with E-state index >= 15 is 0 Å². The number of aromatic nitrogens is 2. The second kappa shape index (κ2) is 19.1. The van der Waals surface area contributed by atoms with Crippen molar-refractivity contribution in [3.05, 3.63) is 284 Å². The van der Waals surface area contributed by atoms with Crippen LogP contribution in [0.3, 0.4) is 0 Å². The van der Waals surface area contributed by atoms with Gasteiger partial charge in [-0.1, -0.05) is 237 Å². The largest absolute Gasteiger partial charge is 0.455 e. The molecule has 0 N–H and O–H groups in total. The van der Waals surface area contributed by atoms with Gasteiger partial charge in [-0.3, -0.25) is 0 Å². The second-order valence-electron chi connectivity index (χ2n) is 22.3. The zero-order valence-electron chi connectivity index (χ0n) is 46.4. The van der Waals surface area contributed by atoms with Crippen molar-refractivity contribution in [1.29, 1.82) is 5.26 Å². The Morgan fingerprint density at radius 2 is 0.839 bits per heavy atom. The minimum Gasteiger partial charge on any atom is -0.455 e. The lowest BCUT2D eigenvalue weighted by Crippen LogP contribution is -2.09. The normalized spacial score (nSPS) is 11.9. The number of benzene rings is 13. The quantitative estimate of drug-likeness (QED) is 0.149. The fourth-order valence-electron chi connectivity index (χ4n) is 14.3. The number of nitrogens with zero attached hydrogens (tertiary/aromatic N) is 4. The van der Waals surface area contributed by atoms with Crippen LogP contribution in [0.25, 0.3) is 178 Å². The minimum absolute atomic E-state index is 0.382. The van der Waals surface area contributed by atoms with Crippen LogP contribution in [0.2, 0.25) is 0 Å². The highest BCUT2D eigenvalue weighted by atomic mass is 32.1. The van der Waals surface area contributed by atoms with E-state index in [9.17, 15) is 11.8 Å². The number of thiophene rings is 2. The number of rotatable bonds is 7. The predicted molar refractivity (Wildman–Crippen MR) is 366 cm³/mol. The van der Waals surface area contributed by atoms with Crippen molar-refractivity contribution in [3.63, 3.8) is 0 Å². The molecule has 7 heteroatoms. The Morgan fingerprint density at radius 3 is 1.44 bits per heavy atom. The van der Waals surface area contributed by atoms with Gasteiger partial charge in [-0.05, 0) is 69.3 Å². The van der Waals surface area contributed by atoms with Gasteiger partial charge < -0.3 is 13.6 Å². The van der Waals surface area contributed by atoms with Crippen LogP contribution in [-0.4, -0.2) is 9.13 Å². The number of furan rings is 1. The number of para-hydroxylation sites is 3. The summed E-state index contributed by atoms with van der Waals surface area (Å²) < 4.78 is 16.2. The van der Waals surface area contributed by atoms with E-state index in [1.165, 1.54) is 31.3 Å². The molecule has 0 aliphatic carbocycles. The third-order valence-electron chi connectivity index (χ3n) is 17.8. The van der Waals surface area contributed by atoms with Crippen LogP contribution >= 0.6 is 22.7 Å². The molecule has 18 rings (SSSR count). The van der Waals surface area contributed by atoms with Gasteiger partial charge in [0.2, 0.25) is 5.69 Å². The third-order valence-corrected chi connectivity index (χ3v) is 20.1. The molecule has 402 valence electrons. The van der Waals surface area contributed by atoms with Crippen LogP contribution in [0.1, 0.15) is 5.56 Å². The zero-order valence-corrected chi connectivity index (χ0v) is 48.1. The summed E-state index contributed by atoms with van der Waals surface area (Å²) in [6, 6.07) is 97.3. The molecule has 5 nitrogen and oxygen atoms in total. The molecule has 5 heterocycles. The first-order valence-electron chi connectivity index (χ1n) is 29.1. The topological polar surface area (TPSA) is 51.1 Å². The lowest BCUT2D eigenvalue weighted by molar-refractivity contribution is 0.670. The number of hydrogen-bond donors (Lipinski definition) is 0. The molecule has 0 amide bonds. The second-order valence-corrected chi connectivity index (χ2v) is 24.4. The van der Waals surface area contributed by atoms with Crippen LogP contribution in [0.5, 0.6) is 0 Å². The van der Waals surface area contributed by atoms with E-state index in [4.69, 9.17) is 9.26 Å². The summed E-state index contributed by atoms with van der Waals surface area (Å²) in [6.07, 6.45) is 0. The Kier molecular flexibility index (Phi) is 10.8. The molecule has 13 aromatic carbocycles. The molecular formula is C80H44N4OS2. The number of nitriles is 1. The standard InChI is InChI=1S/C80H44N4OS2/c1-82-73-68(49-26-10-4-11-27-49)62(46-81)74(69(50-28-12-5-13-29-50)77(73)83-63-37-16-14-31-59(63)70-54(34-19-38-64(70)83)58-36-18-35-57-53-30-15-17-39-65(53)85-78(57)58)84-75-55(42-44-60-71-51(47-22-6-2-7-23-47)32-20-40-66(71)86-79(60)75)56-43-45-61-72-52(48-24-8-3-9-25-48)33-21-41-67(72)87-80(61)76(56)84/h2-45H. The third kappa shape index (κ3) is 7.04. The van der Waals surface area contributed by atoms with Crippen molar-refractivity contribution in [2.45, 2.75) is 0 Å². The predicted octanol–water partition coefficient (Wildman–Crippen LogP) is 23.3. The van der Waals surface area contributed by atoms with Gasteiger partial charge in [0, 0.05) is 80.0 Å². The van der Waals surface area contributed by atoms with Gasteiger partial charge in [0.1, 0.15) is 17.2 Å². The summed E-state index contributed by atoms with van der Waals surface area (Å²) >= 11 is 3.61. The summed E-state index contributed by atoms with van der Waals surface area (Å²) in [5, 5.41) is 23.6. The molecule has 0 bridgehead atoms. The number of hydrogen-bond acceptors (Lipinski definition) is 4. The molecule has 0 fully saturated rings. The lowest BCUT2D eigenvalue weighted by atomic mass is 9.88. The first-order valence-corrected chi connectivity index (χ1v) is 30.7. The van der Waals surface area contributed by atoms with Crippen molar-refractivity contribution in [2.75, 3.05) is 0 Å². The molecule has 0 aliphatic heterocycles. The van der Waals surface area contributed by atoms with Gasteiger partial charge in [-0.2, -0.15) is 5.26 Å². The summed E-state index contributed by atoms with van der Waals surface area (Å²) in [6.45, 7) is 9.66. The van der Waals surface area contributed by atoms with Crippen LogP contribution in [0.4, 0.5) is 5.69 Å². The van der Waals surface area contributed by atoms with Gasteiger partial charge in [-0.25, -0.2) is 4.85 Å². The smallest absolute Gasteiger partial charge is 0.220 e.